The first-order chi connectivity index (χ1) is 14.7. The minimum absolute atomic E-state index is 0.0211. The van der Waals surface area contributed by atoms with Gasteiger partial charge in [-0.25, -0.2) is 13.5 Å². The number of carbonyl (C=O) groups is 1. The zero-order chi connectivity index (χ0) is 22.7. The van der Waals surface area contributed by atoms with Crippen LogP contribution in [0.5, 0.6) is 0 Å². The minimum atomic E-state index is -0.519. The SMILES string of the molecule is Cc1cnn(Cc2cc(F)ccc2F)c1NC(=O)CCc1c(C)nn(CC(C)C)c1C. The summed E-state index contributed by atoms with van der Waals surface area (Å²) in [6.45, 7) is 11.0. The van der Waals surface area contributed by atoms with Crippen LogP contribution in [0, 0.1) is 38.3 Å². The molecule has 0 aliphatic rings. The molecule has 0 fully saturated rings. The van der Waals surface area contributed by atoms with E-state index in [2.05, 4.69) is 29.4 Å². The molecule has 1 N–H and O–H groups in total. The molecule has 0 bridgehead atoms. The van der Waals surface area contributed by atoms with Gasteiger partial charge in [0, 0.05) is 29.8 Å². The van der Waals surface area contributed by atoms with E-state index in [1.165, 1.54) is 4.68 Å². The van der Waals surface area contributed by atoms with Crippen LogP contribution in [0.2, 0.25) is 0 Å². The molecule has 8 heteroatoms. The van der Waals surface area contributed by atoms with Crippen molar-refractivity contribution in [3.63, 3.8) is 0 Å². The van der Waals surface area contributed by atoms with Crippen molar-refractivity contribution in [2.75, 3.05) is 5.32 Å². The fourth-order valence-electron chi connectivity index (χ4n) is 3.64. The van der Waals surface area contributed by atoms with Crippen LogP contribution in [0.1, 0.15) is 48.3 Å². The van der Waals surface area contributed by atoms with Gasteiger partial charge in [-0.2, -0.15) is 10.2 Å². The van der Waals surface area contributed by atoms with Gasteiger partial charge in [-0.1, -0.05) is 13.8 Å². The molecule has 6 nitrogen and oxygen atoms in total. The number of hydrogen-bond acceptors (Lipinski definition) is 3. The Kier molecular flexibility index (Phi) is 6.87. The first-order valence-corrected chi connectivity index (χ1v) is 10.4. The summed E-state index contributed by atoms with van der Waals surface area (Å²) in [5.41, 5.74) is 4.03. The summed E-state index contributed by atoms with van der Waals surface area (Å²) in [5, 5.41) is 11.7. The topological polar surface area (TPSA) is 64.7 Å². The van der Waals surface area contributed by atoms with E-state index in [9.17, 15) is 13.6 Å². The molecule has 0 aliphatic heterocycles. The summed E-state index contributed by atoms with van der Waals surface area (Å²) in [5.74, 6) is -0.233. The Morgan fingerprint density at radius 1 is 1.16 bits per heavy atom. The minimum Gasteiger partial charge on any atom is -0.311 e. The molecule has 0 spiro atoms. The molecule has 0 unspecified atom stereocenters. The highest BCUT2D eigenvalue weighted by Crippen LogP contribution is 2.20. The largest absolute Gasteiger partial charge is 0.311 e. The summed E-state index contributed by atoms with van der Waals surface area (Å²) in [6.07, 6.45) is 2.46. The molecule has 2 aromatic heterocycles. The Morgan fingerprint density at radius 3 is 2.61 bits per heavy atom. The van der Waals surface area contributed by atoms with Crippen LogP contribution in [0.25, 0.3) is 0 Å². The number of nitrogens with one attached hydrogen (secondary N) is 1. The maximum atomic E-state index is 14.0. The molecule has 3 aromatic rings. The molecule has 1 aromatic carbocycles. The molecule has 0 aliphatic carbocycles. The molecule has 3 rings (SSSR count). The van der Waals surface area contributed by atoms with Crippen molar-refractivity contribution in [3.05, 3.63) is 64.1 Å². The van der Waals surface area contributed by atoms with Crippen molar-refractivity contribution in [1.29, 1.82) is 0 Å². The lowest BCUT2D eigenvalue weighted by molar-refractivity contribution is -0.116. The Hall–Kier alpha value is -3.03. The molecule has 0 radical (unpaired) electrons. The Labute approximate surface area is 181 Å². The van der Waals surface area contributed by atoms with E-state index in [1.807, 2.05) is 25.5 Å². The van der Waals surface area contributed by atoms with Crippen LogP contribution in [-0.2, 0) is 24.3 Å². The van der Waals surface area contributed by atoms with Crippen molar-refractivity contribution in [1.82, 2.24) is 19.6 Å². The van der Waals surface area contributed by atoms with E-state index < -0.39 is 11.6 Å². The van der Waals surface area contributed by atoms with Gasteiger partial charge in [-0.05, 0) is 56.9 Å². The maximum Gasteiger partial charge on any atom is 0.225 e. The molecular formula is C23H29F2N5O. The van der Waals surface area contributed by atoms with Crippen LogP contribution in [0.4, 0.5) is 14.6 Å². The highest BCUT2D eigenvalue weighted by molar-refractivity contribution is 5.90. The van der Waals surface area contributed by atoms with E-state index in [4.69, 9.17) is 0 Å². The van der Waals surface area contributed by atoms with Crippen LogP contribution in [-0.4, -0.2) is 25.5 Å². The lowest BCUT2D eigenvalue weighted by Crippen LogP contribution is -2.18. The number of nitrogens with zero attached hydrogens (tertiary/aromatic N) is 4. The van der Waals surface area contributed by atoms with Crippen LogP contribution in [0.3, 0.4) is 0 Å². The van der Waals surface area contributed by atoms with Crippen molar-refractivity contribution in [2.24, 2.45) is 5.92 Å². The summed E-state index contributed by atoms with van der Waals surface area (Å²) < 4.78 is 31.0. The average molecular weight is 430 g/mol. The quantitative estimate of drug-likeness (QED) is 0.571. The molecule has 0 saturated heterocycles. The van der Waals surface area contributed by atoms with Crippen molar-refractivity contribution in [2.45, 2.75) is 60.5 Å². The zero-order valence-electron chi connectivity index (χ0n) is 18.7. The number of halogens is 2. The van der Waals surface area contributed by atoms with Gasteiger partial charge in [0.15, 0.2) is 0 Å². The lowest BCUT2D eigenvalue weighted by atomic mass is 10.1. The van der Waals surface area contributed by atoms with Crippen molar-refractivity contribution >= 4 is 11.7 Å². The predicted molar refractivity (Wildman–Crippen MR) is 116 cm³/mol. The number of hydrogen-bond donors (Lipinski definition) is 1. The van der Waals surface area contributed by atoms with Gasteiger partial charge in [-0.3, -0.25) is 9.48 Å². The highest BCUT2D eigenvalue weighted by Gasteiger charge is 2.16. The van der Waals surface area contributed by atoms with Gasteiger partial charge in [-0.15, -0.1) is 0 Å². The molecule has 0 saturated carbocycles. The smallest absolute Gasteiger partial charge is 0.225 e. The zero-order valence-corrected chi connectivity index (χ0v) is 18.7. The number of carbonyl (C=O) groups excluding carboxylic acids is 1. The van der Waals surface area contributed by atoms with Gasteiger partial charge in [0.25, 0.3) is 0 Å². The van der Waals surface area contributed by atoms with Gasteiger partial charge in [0.2, 0.25) is 5.91 Å². The second kappa shape index (κ2) is 9.41. The first-order valence-electron chi connectivity index (χ1n) is 10.4. The number of rotatable bonds is 8. The predicted octanol–water partition coefficient (Wildman–Crippen LogP) is 4.56. The second-order valence-corrected chi connectivity index (χ2v) is 8.34. The van der Waals surface area contributed by atoms with E-state index in [1.54, 1.807) is 6.20 Å². The summed E-state index contributed by atoms with van der Waals surface area (Å²) in [4.78, 5) is 12.7. The number of aromatic nitrogens is 4. The average Bonchev–Trinajstić information content (AvgIpc) is 3.16. The Bertz CT molecular complexity index is 1080. The first kappa shape index (κ1) is 22.7. The van der Waals surface area contributed by atoms with E-state index in [0.29, 0.717) is 18.2 Å². The molecule has 0 atom stereocenters. The van der Waals surface area contributed by atoms with Gasteiger partial charge >= 0.3 is 0 Å². The van der Waals surface area contributed by atoms with Crippen LogP contribution >= 0.6 is 0 Å². The van der Waals surface area contributed by atoms with Gasteiger partial charge < -0.3 is 5.32 Å². The van der Waals surface area contributed by atoms with Crippen molar-refractivity contribution < 1.29 is 13.6 Å². The third-order valence-corrected chi connectivity index (χ3v) is 5.28. The Morgan fingerprint density at radius 2 is 1.90 bits per heavy atom. The van der Waals surface area contributed by atoms with E-state index in [-0.39, 0.29) is 24.4 Å². The lowest BCUT2D eigenvalue weighted by Gasteiger charge is -2.11. The highest BCUT2D eigenvalue weighted by atomic mass is 19.1. The standard InChI is InChI=1S/C23H29F2N5O/c1-14(2)12-29-17(5)20(16(4)28-29)7-9-22(31)27-23-15(3)11-26-30(23)13-18-10-19(24)6-8-21(18)25/h6,8,10-11,14H,7,9,12-13H2,1-5H3,(H,27,31). The van der Waals surface area contributed by atoms with Gasteiger partial charge in [0.05, 0.1) is 18.4 Å². The third kappa shape index (κ3) is 5.37. The number of anilines is 1. The normalized spacial score (nSPS) is 11.4. The van der Waals surface area contributed by atoms with Crippen LogP contribution < -0.4 is 5.32 Å². The number of aryl methyl sites for hydroxylation is 2. The Balaban J connectivity index is 1.69. The maximum absolute atomic E-state index is 14.0. The molecule has 166 valence electrons. The third-order valence-electron chi connectivity index (χ3n) is 5.28. The summed E-state index contributed by atoms with van der Waals surface area (Å²) in [7, 11) is 0. The molecule has 31 heavy (non-hydrogen) atoms. The van der Waals surface area contributed by atoms with Crippen LogP contribution in [0.15, 0.2) is 24.4 Å². The molecule has 1 amide bonds. The summed E-state index contributed by atoms with van der Waals surface area (Å²) >= 11 is 0. The monoisotopic (exact) mass is 429 g/mol. The number of amides is 1. The van der Waals surface area contributed by atoms with Gasteiger partial charge in [0.1, 0.15) is 17.5 Å². The molecular weight excluding hydrogens is 400 g/mol. The number of benzene rings is 1. The molecule has 2 heterocycles. The van der Waals surface area contributed by atoms with Crippen molar-refractivity contribution in [3.8, 4) is 0 Å². The fourth-order valence-corrected chi connectivity index (χ4v) is 3.64. The van der Waals surface area contributed by atoms with E-state index >= 15 is 0 Å². The summed E-state index contributed by atoms with van der Waals surface area (Å²) in [6, 6.07) is 3.30. The fraction of sp³-hybridized carbons (Fsp3) is 0.435. The van der Waals surface area contributed by atoms with E-state index in [0.717, 1.165) is 47.3 Å². The second-order valence-electron chi connectivity index (χ2n) is 8.34.